The van der Waals surface area contributed by atoms with Gasteiger partial charge in [0, 0.05) is 19.1 Å². The van der Waals surface area contributed by atoms with Gasteiger partial charge in [0.1, 0.15) is 0 Å². The van der Waals surface area contributed by atoms with Gasteiger partial charge >= 0.3 is 0 Å². The number of fused-ring (bicyclic) bond motifs is 1. The lowest BCUT2D eigenvalue weighted by molar-refractivity contribution is -0.129. The van der Waals surface area contributed by atoms with Gasteiger partial charge in [-0.2, -0.15) is 11.8 Å². The summed E-state index contributed by atoms with van der Waals surface area (Å²) in [6.45, 7) is 3.94. The molecule has 2 rings (SSSR count). The predicted molar refractivity (Wildman–Crippen MR) is 68.4 cm³/mol. The van der Waals surface area contributed by atoms with E-state index >= 15 is 0 Å². The second-order valence-corrected chi connectivity index (χ2v) is 6.08. The van der Waals surface area contributed by atoms with Crippen molar-refractivity contribution in [3.8, 4) is 0 Å². The van der Waals surface area contributed by atoms with E-state index in [2.05, 4.69) is 11.8 Å². The van der Waals surface area contributed by atoms with Crippen molar-refractivity contribution in [2.45, 2.75) is 37.5 Å². The highest BCUT2D eigenvalue weighted by Gasteiger charge is 2.43. The molecule has 92 valence electrons. The van der Waals surface area contributed by atoms with E-state index in [0.29, 0.717) is 23.8 Å². The van der Waals surface area contributed by atoms with Gasteiger partial charge in [-0.05, 0) is 37.4 Å². The van der Waals surface area contributed by atoms with Crippen LogP contribution in [0.2, 0.25) is 0 Å². The first-order chi connectivity index (χ1) is 7.67. The molecule has 1 aliphatic carbocycles. The maximum absolute atomic E-state index is 12.2. The van der Waals surface area contributed by atoms with Crippen LogP contribution >= 0.6 is 11.8 Å². The first kappa shape index (κ1) is 12.2. The fraction of sp³-hybridized carbons (Fsp3) is 0.917. The van der Waals surface area contributed by atoms with Gasteiger partial charge in [0.25, 0.3) is 0 Å². The predicted octanol–water partition coefficient (Wildman–Crippen LogP) is 1.32. The summed E-state index contributed by atoms with van der Waals surface area (Å²) >= 11 is 1.67. The van der Waals surface area contributed by atoms with Crippen LogP contribution in [0, 0.1) is 11.8 Å². The zero-order valence-corrected chi connectivity index (χ0v) is 11.0. The molecule has 0 bridgehead atoms. The molecule has 4 unspecified atom stereocenters. The highest BCUT2D eigenvalue weighted by atomic mass is 32.2. The molecule has 3 nitrogen and oxygen atoms in total. The Labute approximate surface area is 102 Å². The average Bonchev–Trinajstić information content (AvgIpc) is 2.83. The van der Waals surface area contributed by atoms with Crippen LogP contribution in [0.4, 0.5) is 0 Å². The van der Waals surface area contributed by atoms with Gasteiger partial charge in [-0.3, -0.25) is 4.79 Å². The minimum Gasteiger partial charge on any atom is -0.341 e. The fourth-order valence-corrected chi connectivity index (χ4v) is 3.82. The Morgan fingerprint density at radius 2 is 2.25 bits per heavy atom. The quantitative estimate of drug-likeness (QED) is 0.812. The molecule has 4 atom stereocenters. The van der Waals surface area contributed by atoms with Crippen molar-refractivity contribution in [3.05, 3.63) is 0 Å². The number of carbonyl (C=O) groups is 1. The van der Waals surface area contributed by atoms with Crippen LogP contribution in [0.3, 0.4) is 0 Å². The molecule has 2 aliphatic rings. The summed E-state index contributed by atoms with van der Waals surface area (Å²) in [7, 11) is 0. The molecule has 0 aromatic heterocycles. The first-order valence-corrected chi connectivity index (χ1v) is 7.53. The number of nitrogens with two attached hydrogens (primary N) is 1. The Kier molecular flexibility index (Phi) is 3.80. The van der Waals surface area contributed by atoms with Crippen molar-refractivity contribution < 1.29 is 4.79 Å². The Hall–Kier alpha value is -0.220. The molecule has 1 amide bonds. The number of nitrogens with zero attached hydrogens (tertiary/aromatic N) is 1. The molecule has 16 heavy (non-hydrogen) atoms. The zero-order valence-electron chi connectivity index (χ0n) is 10.2. The molecular formula is C12H22N2OS. The lowest BCUT2D eigenvalue weighted by Gasteiger charge is -2.22. The van der Waals surface area contributed by atoms with E-state index in [1.807, 2.05) is 6.26 Å². The Morgan fingerprint density at radius 1 is 1.50 bits per heavy atom. The number of amides is 1. The minimum atomic E-state index is 0.148. The van der Waals surface area contributed by atoms with E-state index in [-0.39, 0.29) is 5.25 Å². The van der Waals surface area contributed by atoms with Gasteiger partial charge in [-0.15, -0.1) is 0 Å². The Bertz CT molecular complexity index is 268. The summed E-state index contributed by atoms with van der Waals surface area (Å²) in [5.41, 5.74) is 6.08. The fourth-order valence-electron chi connectivity index (χ4n) is 3.13. The largest absolute Gasteiger partial charge is 0.341 e. The second-order valence-electron chi connectivity index (χ2n) is 5.04. The molecule has 2 fully saturated rings. The summed E-state index contributed by atoms with van der Waals surface area (Å²) in [5.74, 6) is 1.58. The van der Waals surface area contributed by atoms with Gasteiger partial charge in [0.15, 0.2) is 0 Å². The molecule has 0 aromatic rings. The third-order valence-corrected chi connectivity index (χ3v) is 5.26. The molecular weight excluding hydrogens is 220 g/mol. The number of hydrogen-bond donors (Lipinski definition) is 1. The van der Waals surface area contributed by atoms with Gasteiger partial charge in [-0.25, -0.2) is 0 Å². The standard InChI is InChI=1S/C12H22N2OS/c1-3-11(16-2)12(15)14-6-8-4-5-10(13)9(8)7-14/h8-11H,3-7,13H2,1-2H3. The van der Waals surface area contributed by atoms with Gasteiger partial charge in [0.05, 0.1) is 5.25 Å². The van der Waals surface area contributed by atoms with E-state index in [1.54, 1.807) is 11.8 Å². The number of rotatable bonds is 3. The second kappa shape index (κ2) is 4.96. The van der Waals surface area contributed by atoms with Crippen LogP contribution in [0.25, 0.3) is 0 Å². The topological polar surface area (TPSA) is 46.3 Å². The van der Waals surface area contributed by atoms with Gasteiger partial charge in [0.2, 0.25) is 5.91 Å². The lowest BCUT2D eigenvalue weighted by atomic mass is 9.98. The number of thioether (sulfide) groups is 1. The van der Waals surface area contributed by atoms with Crippen molar-refractivity contribution >= 4 is 17.7 Å². The van der Waals surface area contributed by atoms with Crippen LogP contribution < -0.4 is 5.73 Å². The molecule has 1 heterocycles. The lowest BCUT2D eigenvalue weighted by Crippen LogP contribution is -2.38. The van der Waals surface area contributed by atoms with Crippen LogP contribution in [-0.4, -0.2) is 41.4 Å². The zero-order chi connectivity index (χ0) is 11.7. The molecule has 0 spiro atoms. The van der Waals surface area contributed by atoms with E-state index in [4.69, 9.17) is 5.73 Å². The number of hydrogen-bond acceptors (Lipinski definition) is 3. The highest BCUT2D eigenvalue weighted by molar-refractivity contribution is 7.99. The molecule has 1 saturated carbocycles. The van der Waals surface area contributed by atoms with Crippen molar-refractivity contribution in [3.63, 3.8) is 0 Å². The normalized spacial score (nSPS) is 35.2. The molecule has 0 aromatic carbocycles. The first-order valence-electron chi connectivity index (χ1n) is 6.24. The number of carbonyl (C=O) groups excluding carboxylic acids is 1. The van der Waals surface area contributed by atoms with Crippen molar-refractivity contribution in [1.82, 2.24) is 4.90 Å². The SMILES string of the molecule is CCC(SC)C(=O)N1CC2CCC(N)C2C1. The maximum atomic E-state index is 12.2. The molecule has 4 heteroatoms. The van der Waals surface area contributed by atoms with Crippen LogP contribution in [-0.2, 0) is 4.79 Å². The third kappa shape index (κ3) is 2.09. The van der Waals surface area contributed by atoms with Crippen molar-refractivity contribution in [1.29, 1.82) is 0 Å². The van der Waals surface area contributed by atoms with E-state index in [0.717, 1.165) is 25.9 Å². The van der Waals surface area contributed by atoms with E-state index in [9.17, 15) is 4.79 Å². The summed E-state index contributed by atoms with van der Waals surface area (Å²) in [6, 6.07) is 0.331. The molecule has 2 N–H and O–H groups in total. The molecule has 0 radical (unpaired) electrons. The van der Waals surface area contributed by atoms with Crippen LogP contribution in [0.5, 0.6) is 0 Å². The van der Waals surface area contributed by atoms with Gasteiger partial charge < -0.3 is 10.6 Å². The van der Waals surface area contributed by atoms with Crippen molar-refractivity contribution in [2.75, 3.05) is 19.3 Å². The van der Waals surface area contributed by atoms with Crippen LogP contribution in [0.1, 0.15) is 26.2 Å². The maximum Gasteiger partial charge on any atom is 0.235 e. The average molecular weight is 242 g/mol. The summed E-state index contributed by atoms with van der Waals surface area (Å²) in [5, 5.41) is 0.148. The summed E-state index contributed by atoms with van der Waals surface area (Å²) in [4.78, 5) is 14.3. The number of likely N-dealkylation sites (tertiary alicyclic amines) is 1. The van der Waals surface area contributed by atoms with E-state index < -0.39 is 0 Å². The highest BCUT2D eigenvalue weighted by Crippen LogP contribution is 2.37. The Morgan fingerprint density at radius 3 is 2.81 bits per heavy atom. The Balaban J connectivity index is 1.96. The van der Waals surface area contributed by atoms with E-state index in [1.165, 1.54) is 6.42 Å². The summed E-state index contributed by atoms with van der Waals surface area (Å²) in [6.07, 6.45) is 5.31. The van der Waals surface area contributed by atoms with Gasteiger partial charge in [-0.1, -0.05) is 6.92 Å². The molecule has 1 aliphatic heterocycles. The summed E-state index contributed by atoms with van der Waals surface area (Å²) < 4.78 is 0. The molecule has 1 saturated heterocycles. The monoisotopic (exact) mass is 242 g/mol. The smallest absolute Gasteiger partial charge is 0.235 e. The van der Waals surface area contributed by atoms with Crippen LogP contribution in [0.15, 0.2) is 0 Å². The van der Waals surface area contributed by atoms with Crippen molar-refractivity contribution in [2.24, 2.45) is 17.6 Å². The minimum absolute atomic E-state index is 0.148. The third-order valence-electron chi connectivity index (χ3n) is 4.15.